The predicted octanol–water partition coefficient (Wildman–Crippen LogP) is 0.803. The number of morpholine rings is 2. The molecule has 2 rings (SSSR count). The third kappa shape index (κ3) is 4.17. The average molecular weight is 307 g/mol. The fourth-order valence-corrected chi connectivity index (χ4v) is 2.77. The van der Waals surface area contributed by atoms with Gasteiger partial charge in [-0.05, 0) is 6.92 Å². The second-order valence-electron chi connectivity index (χ2n) is 4.91. The molecule has 0 aromatic carbocycles. The van der Waals surface area contributed by atoms with Crippen molar-refractivity contribution in [3.63, 3.8) is 0 Å². The van der Waals surface area contributed by atoms with Gasteiger partial charge in [-0.3, -0.25) is 9.80 Å². The lowest BCUT2D eigenvalue weighted by Gasteiger charge is -2.39. The molecule has 2 atom stereocenters. The lowest BCUT2D eigenvalue weighted by Crippen LogP contribution is -2.51. The SMILES string of the molecule is CC1COC(CBr)CN1CCN1CCOCC1. The average Bonchev–Trinajstić information content (AvgIpc) is 2.39. The van der Waals surface area contributed by atoms with E-state index in [0.29, 0.717) is 12.1 Å². The molecular weight excluding hydrogens is 284 g/mol. The third-order valence-corrected chi connectivity index (χ3v) is 4.34. The molecule has 0 amide bonds. The van der Waals surface area contributed by atoms with Crippen LogP contribution in [0.25, 0.3) is 0 Å². The Balaban J connectivity index is 1.72. The highest BCUT2D eigenvalue weighted by molar-refractivity contribution is 9.09. The summed E-state index contributed by atoms with van der Waals surface area (Å²) in [4.78, 5) is 5.04. The molecule has 4 nitrogen and oxygen atoms in total. The molecule has 0 radical (unpaired) electrons. The Morgan fingerprint density at radius 1 is 1.24 bits per heavy atom. The summed E-state index contributed by atoms with van der Waals surface area (Å²) in [6, 6.07) is 0.548. The third-order valence-electron chi connectivity index (χ3n) is 3.61. The van der Waals surface area contributed by atoms with Crippen molar-refractivity contribution in [3.8, 4) is 0 Å². The zero-order valence-electron chi connectivity index (χ0n) is 10.6. The maximum atomic E-state index is 5.74. The van der Waals surface area contributed by atoms with E-state index in [9.17, 15) is 0 Å². The zero-order valence-corrected chi connectivity index (χ0v) is 12.2. The summed E-state index contributed by atoms with van der Waals surface area (Å²) >= 11 is 3.51. The molecule has 5 heteroatoms. The van der Waals surface area contributed by atoms with E-state index in [0.717, 1.165) is 57.9 Å². The van der Waals surface area contributed by atoms with E-state index in [4.69, 9.17) is 9.47 Å². The molecule has 0 aromatic rings. The molecule has 2 fully saturated rings. The van der Waals surface area contributed by atoms with Gasteiger partial charge in [0.25, 0.3) is 0 Å². The van der Waals surface area contributed by atoms with Crippen molar-refractivity contribution in [3.05, 3.63) is 0 Å². The van der Waals surface area contributed by atoms with E-state index in [1.807, 2.05) is 0 Å². The first-order valence-corrected chi connectivity index (χ1v) is 7.63. The fraction of sp³-hybridized carbons (Fsp3) is 1.00. The molecule has 2 unspecified atom stereocenters. The Hall–Kier alpha value is 0.320. The highest BCUT2D eigenvalue weighted by atomic mass is 79.9. The number of rotatable bonds is 4. The number of alkyl halides is 1. The molecule has 2 aliphatic heterocycles. The molecule has 0 aromatic heterocycles. The van der Waals surface area contributed by atoms with Crippen LogP contribution in [0.4, 0.5) is 0 Å². The Morgan fingerprint density at radius 3 is 2.71 bits per heavy atom. The molecule has 0 saturated carbocycles. The smallest absolute Gasteiger partial charge is 0.0799 e. The number of hydrogen-bond donors (Lipinski definition) is 0. The van der Waals surface area contributed by atoms with E-state index in [1.165, 1.54) is 0 Å². The molecule has 0 aliphatic carbocycles. The van der Waals surface area contributed by atoms with Gasteiger partial charge in [-0.25, -0.2) is 0 Å². The van der Waals surface area contributed by atoms with E-state index >= 15 is 0 Å². The molecule has 2 heterocycles. The summed E-state index contributed by atoms with van der Waals surface area (Å²) in [5.74, 6) is 0. The van der Waals surface area contributed by atoms with Crippen molar-refractivity contribution < 1.29 is 9.47 Å². The summed E-state index contributed by atoms with van der Waals surface area (Å²) in [5, 5.41) is 0.938. The van der Waals surface area contributed by atoms with Gasteiger partial charge >= 0.3 is 0 Å². The van der Waals surface area contributed by atoms with Crippen LogP contribution in [-0.2, 0) is 9.47 Å². The van der Waals surface area contributed by atoms with Crippen LogP contribution in [0.15, 0.2) is 0 Å². The first-order chi connectivity index (χ1) is 8.29. The van der Waals surface area contributed by atoms with Gasteiger partial charge in [-0.15, -0.1) is 0 Å². The van der Waals surface area contributed by atoms with E-state index in [1.54, 1.807) is 0 Å². The van der Waals surface area contributed by atoms with Gasteiger partial charge in [0.05, 0.1) is 25.9 Å². The van der Waals surface area contributed by atoms with Crippen LogP contribution in [0.5, 0.6) is 0 Å². The van der Waals surface area contributed by atoms with Crippen molar-refractivity contribution in [1.29, 1.82) is 0 Å². The van der Waals surface area contributed by atoms with Gasteiger partial charge in [0.1, 0.15) is 0 Å². The Labute approximate surface area is 112 Å². The Morgan fingerprint density at radius 2 is 2.00 bits per heavy atom. The number of halogens is 1. The van der Waals surface area contributed by atoms with Crippen LogP contribution in [0.2, 0.25) is 0 Å². The summed E-state index contributed by atoms with van der Waals surface area (Å²) in [6.45, 7) is 10.4. The van der Waals surface area contributed by atoms with Crippen LogP contribution >= 0.6 is 15.9 Å². The van der Waals surface area contributed by atoms with Gasteiger partial charge in [0.2, 0.25) is 0 Å². The van der Waals surface area contributed by atoms with E-state index < -0.39 is 0 Å². The highest BCUT2D eigenvalue weighted by Crippen LogP contribution is 2.13. The maximum absolute atomic E-state index is 5.74. The van der Waals surface area contributed by atoms with Crippen molar-refractivity contribution in [2.24, 2.45) is 0 Å². The second-order valence-corrected chi connectivity index (χ2v) is 5.56. The Kier molecular flexibility index (Phi) is 5.69. The molecule has 0 bridgehead atoms. The fourth-order valence-electron chi connectivity index (χ4n) is 2.37. The molecule has 2 saturated heterocycles. The lowest BCUT2D eigenvalue weighted by atomic mass is 10.2. The van der Waals surface area contributed by atoms with Gasteiger partial charge < -0.3 is 9.47 Å². The van der Waals surface area contributed by atoms with Gasteiger partial charge in [0.15, 0.2) is 0 Å². The summed E-state index contributed by atoms with van der Waals surface area (Å²) < 4.78 is 11.1. The number of nitrogens with zero attached hydrogens (tertiary/aromatic N) is 2. The minimum absolute atomic E-state index is 0.357. The van der Waals surface area contributed by atoms with Crippen LogP contribution in [0.3, 0.4) is 0 Å². The zero-order chi connectivity index (χ0) is 12.1. The minimum Gasteiger partial charge on any atom is -0.379 e. The summed E-state index contributed by atoms with van der Waals surface area (Å²) in [6.07, 6.45) is 0.357. The maximum Gasteiger partial charge on any atom is 0.0799 e. The van der Waals surface area contributed by atoms with Gasteiger partial charge in [-0.1, -0.05) is 15.9 Å². The molecule has 100 valence electrons. The normalized spacial score (nSPS) is 32.8. The van der Waals surface area contributed by atoms with Crippen molar-refractivity contribution >= 4 is 15.9 Å². The minimum atomic E-state index is 0.357. The standard InChI is InChI=1S/C12H23BrN2O2/c1-11-10-17-12(8-13)9-15(11)3-2-14-4-6-16-7-5-14/h11-12H,2-10H2,1H3. The van der Waals surface area contributed by atoms with Crippen molar-refractivity contribution in [1.82, 2.24) is 9.80 Å². The first kappa shape index (κ1) is 13.7. The largest absolute Gasteiger partial charge is 0.379 e. The van der Waals surface area contributed by atoms with Crippen LogP contribution in [0.1, 0.15) is 6.92 Å². The molecule has 2 aliphatic rings. The van der Waals surface area contributed by atoms with Crippen LogP contribution < -0.4 is 0 Å². The van der Waals surface area contributed by atoms with E-state index in [-0.39, 0.29) is 0 Å². The summed E-state index contributed by atoms with van der Waals surface area (Å²) in [7, 11) is 0. The second kappa shape index (κ2) is 7.04. The summed E-state index contributed by atoms with van der Waals surface area (Å²) in [5.41, 5.74) is 0. The van der Waals surface area contributed by atoms with Crippen LogP contribution in [-0.4, -0.2) is 79.8 Å². The predicted molar refractivity (Wildman–Crippen MR) is 71.8 cm³/mol. The van der Waals surface area contributed by atoms with Crippen molar-refractivity contribution in [2.45, 2.75) is 19.1 Å². The first-order valence-electron chi connectivity index (χ1n) is 6.51. The highest BCUT2D eigenvalue weighted by Gasteiger charge is 2.25. The lowest BCUT2D eigenvalue weighted by molar-refractivity contribution is -0.0517. The number of ether oxygens (including phenoxy) is 2. The molecule has 17 heavy (non-hydrogen) atoms. The quantitative estimate of drug-likeness (QED) is 0.718. The molecular formula is C12H23BrN2O2. The van der Waals surface area contributed by atoms with Gasteiger partial charge in [0, 0.05) is 44.1 Å². The topological polar surface area (TPSA) is 24.9 Å². The van der Waals surface area contributed by atoms with Gasteiger partial charge in [-0.2, -0.15) is 0 Å². The number of hydrogen-bond acceptors (Lipinski definition) is 4. The molecule has 0 N–H and O–H groups in total. The van der Waals surface area contributed by atoms with E-state index in [2.05, 4.69) is 32.7 Å². The van der Waals surface area contributed by atoms with Crippen molar-refractivity contribution in [2.75, 3.05) is 57.9 Å². The van der Waals surface area contributed by atoms with Crippen LogP contribution in [0, 0.1) is 0 Å². The monoisotopic (exact) mass is 306 g/mol. The molecule has 0 spiro atoms. The Bertz CT molecular complexity index is 225.